The van der Waals surface area contributed by atoms with Gasteiger partial charge in [-0.2, -0.15) is 4.98 Å². The van der Waals surface area contributed by atoms with Crippen LogP contribution in [-0.2, 0) is 6.54 Å². The van der Waals surface area contributed by atoms with Crippen LogP contribution in [0.3, 0.4) is 0 Å². The van der Waals surface area contributed by atoms with Crippen LogP contribution in [-0.4, -0.2) is 34.5 Å². The van der Waals surface area contributed by atoms with Crippen LogP contribution in [0.2, 0.25) is 0 Å². The Morgan fingerprint density at radius 3 is 3.05 bits per heavy atom. The number of halogens is 1. The van der Waals surface area contributed by atoms with Crippen molar-refractivity contribution in [1.82, 2.24) is 15.5 Å². The fraction of sp³-hybridized carbons (Fsp3) is 0.385. The number of rotatable bonds is 7. The normalized spacial score (nSPS) is 12.3. The number of aliphatic hydroxyl groups excluding tert-OH is 1. The third kappa shape index (κ3) is 4.59. The molecule has 0 saturated carbocycles. The highest BCUT2D eigenvalue weighted by atomic mass is 79.9. The average molecular weight is 342 g/mol. The third-order valence-electron chi connectivity index (χ3n) is 2.59. The maximum Gasteiger partial charge on any atom is 0.213 e. The lowest BCUT2D eigenvalue weighted by Gasteiger charge is -2.13. The molecule has 0 amide bonds. The first-order valence-corrected chi connectivity index (χ1v) is 6.97. The van der Waals surface area contributed by atoms with E-state index in [9.17, 15) is 5.11 Å². The monoisotopic (exact) mass is 341 g/mol. The van der Waals surface area contributed by atoms with Gasteiger partial charge in [-0.15, -0.1) is 0 Å². The molecule has 6 nitrogen and oxygen atoms in total. The minimum absolute atomic E-state index is 0.209. The van der Waals surface area contributed by atoms with Gasteiger partial charge < -0.3 is 19.7 Å². The van der Waals surface area contributed by atoms with Gasteiger partial charge in [-0.25, -0.2) is 0 Å². The summed E-state index contributed by atoms with van der Waals surface area (Å²) in [5.41, 5.74) is 1.14. The van der Waals surface area contributed by atoms with Crippen LogP contribution < -0.4 is 10.1 Å². The van der Waals surface area contributed by atoms with E-state index in [-0.39, 0.29) is 6.61 Å². The SMILES string of the molecule is Cc1ccc(OCC(O)CNCc2ncon2)c(Br)c1. The number of benzene rings is 1. The number of aliphatic hydroxyl groups is 1. The number of aromatic nitrogens is 2. The van der Waals surface area contributed by atoms with E-state index in [2.05, 4.69) is 35.9 Å². The fourth-order valence-electron chi connectivity index (χ4n) is 1.59. The van der Waals surface area contributed by atoms with Gasteiger partial charge in [-0.05, 0) is 40.5 Å². The Kier molecular flexibility index (Phi) is 5.51. The molecule has 1 aromatic heterocycles. The molecule has 7 heteroatoms. The predicted octanol–water partition coefficient (Wildman–Crippen LogP) is 1.67. The summed E-state index contributed by atoms with van der Waals surface area (Å²) in [6, 6.07) is 5.80. The number of ether oxygens (including phenoxy) is 1. The number of hydrogen-bond acceptors (Lipinski definition) is 6. The summed E-state index contributed by atoms with van der Waals surface area (Å²) in [5.74, 6) is 1.27. The van der Waals surface area contributed by atoms with E-state index in [4.69, 9.17) is 4.74 Å². The van der Waals surface area contributed by atoms with Gasteiger partial charge in [0.05, 0.1) is 11.0 Å². The minimum atomic E-state index is -0.616. The van der Waals surface area contributed by atoms with Gasteiger partial charge in [0.15, 0.2) is 5.82 Å². The topological polar surface area (TPSA) is 80.4 Å². The van der Waals surface area contributed by atoms with Gasteiger partial charge in [-0.3, -0.25) is 0 Å². The largest absolute Gasteiger partial charge is 0.490 e. The first kappa shape index (κ1) is 15.0. The Bertz CT molecular complexity index is 534. The van der Waals surface area contributed by atoms with E-state index < -0.39 is 6.10 Å². The second-order valence-electron chi connectivity index (χ2n) is 4.38. The molecule has 0 saturated heterocycles. The smallest absolute Gasteiger partial charge is 0.213 e. The van der Waals surface area contributed by atoms with Gasteiger partial charge in [0.2, 0.25) is 6.39 Å². The van der Waals surface area contributed by atoms with Crippen molar-refractivity contribution in [2.24, 2.45) is 0 Å². The highest BCUT2D eigenvalue weighted by Crippen LogP contribution is 2.25. The first-order valence-electron chi connectivity index (χ1n) is 6.18. The summed E-state index contributed by atoms with van der Waals surface area (Å²) < 4.78 is 11.0. The molecule has 108 valence electrons. The van der Waals surface area contributed by atoms with Crippen LogP contribution in [0.5, 0.6) is 5.75 Å². The molecule has 20 heavy (non-hydrogen) atoms. The summed E-state index contributed by atoms with van der Waals surface area (Å²) in [6.45, 7) is 3.05. The second kappa shape index (κ2) is 7.37. The lowest BCUT2D eigenvalue weighted by atomic mass is 10.2. The van der Waals surface area contributed by atoms with Crippen molar-refractivity contribution < 1.29 is 14.4 Å². The molecule has 0 aliphatic rings. The fourth-order valence-corrected chi connectivity index (χ4v) is 2.20. The number of nitrogens with one attached hydrogen (secondary N) is 1. The molecule has 0 aliphatic heterocycles. The molecule has 0 fully saturated rings. The molecule has 0 spiro atoms. The number of hydrogen-bond donors (Lipinski definition) is 2. The standard InChI is InChI=1S/C13H16BrN3O3/c1-9-2-3-12(11(14)4-9)19-7-10(18)5-15-6-13-16-8-20-17-13/h2-4,8,10,15,18H,5-7H2,1H3. The van der Waals surface area contributed by atoms with Crippen LogP contribution in [0.1, 0.15) is 11.4 Å². The molecule has 0 aliphatic carbocycles. The Balaban J connectivity index is 1.70. The van der Waals surface area contributed by atoms with Crippen LogP contribution in [0.4, 0.5) is 0 Å². The zero-order valence-corrected chi connectivity index (χ0v) is 12.6. The van der Waals surface area contributed by atoms with E-state index >= 15 is 0 Å². The van der Waals surface area contributed by atoms with Crippen molar-refractivity contribution in [3.05, 3.63) is 40.5 Å². The van der Waals surface area contributed by atoms with Crippen LogP contribution >= 0.6 is 15.9 Å². The zero-order valence-electron chi connectivity index (χ0n) is 11.0. The van der Waals surface area contributed by atoms with Crippen molar-refractivity contribution in [2.75, 3.05) is 13.2 Å². The van der Waals surface area contributed by atoms with Gasteiger partial charge in [0.25, 0.3) is 0 Å². The third-order valence-corrected chi connectivity index (χ3v) is 3.21. The summed E-state index contributed by atoms with van der Waals surface area (Å²) in [6.07, 6.45) is 0.654. The van der Waals surface area contributed by atoms with Crippen LogP contribution in [0, 0.1) is 6.92 Å². The minimum Gasteiger partial charge on any atom is -0.490 e. The Hall–Kier alpha value is -1.44. The highest BCUT2D eigenvalue weighted by Gasteiger charge is 2.08. The van der Waals surface area contributed by atoms with Gasteiger partial charge in [-0.1, -0.05) is 11.2 Å². The lowest BCUT2D eigenvalue weighted by molar-refractivity contribution is 0.105. The van der Waals surface area contributed by atoms with Crippen LogP contribution in [0.25, 0.3) is 0 Å². The molecule has 1 heterocycles. The zero-order chi connectivity index (χ0) is 14.4. The van der Waals surface area contributed by atoms with E-state index in [1.54, 1.807) is 0 Å². The summed E-state index contributed by atoms with van der Waals surface area (Å²) in [7, 11) is 0. The van der Waals surface area contributed by atoms with Gasteiger partial charge >= 0.3 is 0 Å². The second-order valence-corrected chi connectivity index (χ2v) is 5.23. The van der Waals surface area contributed by atoms with E-state index in [0.29, 0.717) is 24.7 Å². The Labute approximate surface area is 125 Å². The molecule has 2 rings (SSSR count). The number of aryl methyl sites for hydroxylation is 1. The van der Waals surface area contributed by atoms with Crippen molar-refractivity contribution in [3.63, 3.8) is 0 Å². The van der Waals surface area contributed by atoms with E-state index in [1.165, 1.54) is 6.39 Å². The van der Waals surface area contributed by atoms with E-state index in [0.717, 1.165) is 10.0 Å². The summed E-state index contributed by atoms with van der Waals surface area (Å²) >= 11 is 3.43. The molecule has 0 bridgehead atoms. The first-order chi connectivity index (χ1) is 9.65. The lowest BCUT2D eigenvalue weighted by Crippen LogP contribution is -2.31. The summed E-state index contributed by atoms with van der Waals surface area (Å²) in [5, 5.41) is 16.5. The molecule has 1 unspecified atom stereocenters. The molecule has 1 atom stereocenters. The highest BCUT2D eigenvalue weighted by molar-refractivity contribution is 9.10. The van der Waals surface area contributed by atoms with Crippen molar-refractivity contribution in [2.45, 2.75) is 19.6 Å². The Morgan fingerprint density at radius 2 is 2.35 bits per heavy atom. The summed E-state index contributed by atoms with van der Waals surface area (Å²) in [4.78, 5) is 3.87. The molecule has 2 aromatic rings. The molecular weight excluding hydrogens is 326 g/mol. The number of nitrogens with zero attached hydrogens (tertiary/aromatic N) is 2. The van der Waals surface area contributed by atoms with Crippen molar-refractivity contribution in [3.8, 4) is 5.75 Å². The van der Waals surface area contributed by atoms with Crippen LogP contribution in [0.15, 0.2) is 33.6 Å². The maximum absolute atomic E-state index is 9.82. The Morgan fingerprint density at radius 1 is 1.50 bits per heavy atom. The molecule has 2 N–H and O–H groups in total. The van der Waals surface area contributed by atoms with Gasteiger partial charge in [0, 0.05) is 6.54 Å². The van der Waals surface area contributed by atoms with E-state index in [1.807, 2.05) is 25.1 Å². The quantitative estimate of drug-likeness (QED) is 0.797. The predicted molar refractivity (Wildman–Crippen MR) is 76.4 cm³/mol. The molecule has 1 aromatic carbocycles. The molecule has 0 radical (unpaired) electrons. The average Bonchev–Trinajstić information content (AvgIpc) is 2.91. The molecular formula is C13H16BrN3O3. The van der Waals surface area contributed by atoms with Crippen molar-refractivity contribution in [1.29, 1.82) is 0 Å². The maximum atomic E-state index is 9.82. The van der Waals surface area contributed by atoms with Crippen molar-refractivity contribution >= 4 is 15.9 Å². The van der Waals surface area contributed by atoms with Gasteiger partial charge in [0.1, 0.15) is 18.5 Å².